The fourth-order valence-corrected chi connectivity index (χ4v) is 2.32. The van der Waals surface area contributed by atoms with Crippen molar-refractivity contribution in [2.45, 2.75) is 20.0 Å². The van der Waals surface area contributed by atoms with Gasteiger partial charge in [-0.15, -0.1) is 0 Å². The summed E-state index contributed by atoms with van der Waals surface area (Å²) in [5.74, 6) is 0.363. The van der Waals surface area contributed by atoms with Crippen LogP contribution in [0.15, 0.2) is 48.5 Å². The van der Waals surface area contributed by atoms with Crippen molar-refractivity contribution in [2.75, 3.05) is 6.54 Å². The molecule has 2 aromatic carbocycles. The maximum Gasteiger partial charge on any atom is 0.320 e. The summed E-state index contributed by atoms with van der Waals surface area (Å²) in [7, 11) is 0.0482. The van der Waals surface area contributed by atoms with Crippen LogP contribution in [0.25, 0.3) is 0 Å². The quantitative estimate of drug-likeness (QED) is 0.231. The van der Waals surface area contributed by atoms with E-state index in [1.165, 1.54) is 12.1 Å². The number of benzene rings is 2. The van der Waals surface area contributed by atoms with E-state index in [2.05, 4.69) is 5.09 Å². The van der Waals surface area contributed by atoms with Gasteiger partial charge in [0.25, 0.3) is 5.69 Å². The van der Waals surface area contributed by atoms with Gasteiger partial charge in [0.1, 0.15) is 20.5 Å². The molecule has 1 unspecified atom stereocenters. The molecule has 0 radical (unpaired) electrons. The standard InChI is InChI=1S/C11H16NO3P.C6H4ClNO3/c1-9(2)14-11(13)8-12-16-15-10-6-4-3-5-7-10;7-5-3-4(8(10)11)1-2-6(5)9/h3-7,9,12,16H,8H2,1-2H3;1-3,9H. The average Bonchev–Trinajstić information content (AvgIpc) is 2.62. The highest BCUT2D eigenvalue weighted by atomic mass is 35.5. The van der Waals surface area contributed by atoms with Gasteiger partial charge in [0.05, 0.1) is 22.6 Å². The number of carbonyl (C=O) groups excluding carboxylic acids is 1. The lowest BCUT2D eigenvalue weighted by Crippen LogP contribution is -2.22. The van der Waals surface area contributed by atoms with Gasteiger partial charge in [-0.25, -0.2) is 0 Å². The van der Waals surface area contributed by atoms with Gasteiger partial charge in [-0.3, -0.25) is 20.0 Å². The molecule has 2 rings (SSSR count). The molecule has 0 saturated carbocycles. The number of nitrogens with zero attached hydrogens (tertiary/aromatic N) is 1. The van der Waals surface area contributed by atoms with Gasteiger partial charge in [0.2, 0.25) is 0 Å². The van der Waals surface area contributed by atoms with E-state index >= 15 is 0 Å². The number of hydrogen-bond acceptors (Lipinski definition) is 7. The van der Waals surface area contributed by atoms with Crippen LogP contribution in [0.3, 0.4) is 0 Å². The van der Waals surface area contributed by atoms with Crippen molar-refractivity contribution in [3.63, 3.8) is 0 Å². The zero-order valence-corrected chi connectivity index (χ0v) is 16.5. The predicted molar refractivity (Wildman–Crippen MR) is 104 cm³/mol. The number of aromatic hydroxyl groups is 1. The highest BCUT2D eigenvalue weighted by Gasteiger charge is 2.07. The fourth-order valence-electron chi connectivity index (χ4n) is 1.61. The van der Waals surface area contributed by atoms with Crippen molar-refractivity contribution >= 4 is 32.2 Å². The van der Waals surface area contributed by atoms with Crippen LogP contribution < -0.4 is 9.61 Å². The van der Waals surface area contributed by atoms with Crippen LogP contribution in [0.1, 0.15) is 13.8 Å². The van der Waals surface area contributed by atoms with Crippen LogP contribution >= 0.6 is 20.6 Å². The molecule has 0 spiro atoms. The number of nitro groups is 1. The smallest absolute Gasteiger partial charge is 0.320 e. The summed E-state index contributed by atoms with van der Waals surface area (Å²) < 4.78 is 10.3. The van der Waals surface area contributed by atoms with Gasteiger partial charge >= 0.3 is 5.97 Å². The summed E-state index contributed by atoms with van der Waals surface area (Å²) in [5, 5.41) is 21.9. The number of esters is 1. The van der Waals surface area contributed by atoms with E-state index in [1.54, 1.807) is 0 Å². The summed E-state index contributed by atoms with van der Waals surface area (Å²) >= 11 is 5.40. The number of para-hydroxylation sites is 1. The number of carbonyl (C=O) groups is 1. The predicted octanol–water partition coefficient (Wildman–Crippen LogP) is 4.07. The Balaban J connectivity index is 0.000000289. The van der Waals surface area contributed by atoms with Gasteiger partial charge in [-0.05, 0) is 32.0 Å². The second-order valence-electron chi connectivity index (χ2n) is 5.30. The van der Waals surface area contributed by atoms with E-state index in [-0.39, 0.29) is 44.0 Å². The number of rotatable bonds is 7. The van der Waals surface area contributed by atoms with E-state index < -0.39 is 4.92 Å². The zero-order valence-electron chi connectivity index (χ0n) is 14.7. The highest BCUT2D eigenvalue weighted by molar-refractivity contribution is 7.30. The zero-order chi connectivity index (χ0) is 20.2. The molecule has 0 amide bonds. The molecule has 0 saturated heterocycles. The lowest BCUT2D eigenvalue weighted by molar-refractivity contribution is -0.384. The number of ether oxygens (including phenoxy) is 1. The second-order valence-corrected chi connectivity index (χ2v) is 6.47. The normalized spacial score (nSPS) is 10.4. The minimum absolute atomic E-state index is 0.0146. The minimum atomic E-state index is -0.578. The molecule has 146 valence electrons. The Morgan fingerprint density at radius 2 is 1.96 bits per heavy atom. The first-order valence-electron chi connectivity index (χ1n) is 7.81. The van der Waals surface area contributed by atoms with Crippen LogP contribution in [0.4, 0.5) is 5.69 Å². The fraction of sp³-hybridized carbons (Fsp3) is 0.235. The molecular formula is C17H20ClN2O6P. The summed E-state index contributed by atoms with van der Waals surface area (Å²) in [6.07, 6.45) is -0.0762. The maximum atomic E-state index is 11.1. The molecule has 0 bridgehead atoms. The molecular weight excluding hydrogens is 395 g/mol. The van der Waals surface area contributed by atoms with Crippen LogP contribution in [0.2, 0.25) is 5.02 Å². The van der Waals surface area contributed by atoms with Gasteiger partial charge in [-0.2, -0.15) is 0 Å². The number of halogens is 1. The van der Waals surface area contributed by atoms with E-state index in [4.69, 9.17) is 26.0 Å². The molecule has 0 heterocycles. The Labute approximate surface area is 163 Å². The number of nitro benzene ring substituents is 1. The minimum Gasteiger partial charge on any atom is -0.506 e. The number of nitrogens with one attached hydrogen (secondary N) is 1. The second kappa shape index (κ2) is 12.1. The Kier molecular flexibility index (Phi) is 10.1. The van der Waals surface area contributed by atoms with Crippen LogP contribution in [0.5, 0.6) is 11.5 Å². The highest BCUT2D eigenvalue weighted by Crippen LogP contribution is 2.26. The Bertz CT molecular complexity index is 745. The first-order chi connectivity index (χ1) is 12.8. The first kappa shape index (κ1) is 22.6. The maximum absolute atomic E-state index is 11.1. The molecule has 2 aromatic rings. The monoisotopic (exact) mass is 414 g/mol. The summed E-state index contributed by atoms with van der Waals surface area (Å²) in [5.41, 5.74) is -0.132. The third kappa shape index (κ3) is 9.75. The summed E-state index contributed by atoms with van der Waals surface area (Å²) in [6, 6.07) is 12.9. The average molecular weight is 415 g/mol. The molecule has 0 aromatic heterocycles. The van der Waals surface area contributed by atoms with Crippen molar-refractivity contribution in [2.24, 2.45) is 0 Å². The summed E-state index contributed by atoms with van der Waals surface area (Å²) in [4.78, 5) is 20.7. The Morgan fingerprint density at radius 3 is 2.52 bits per heavy atom. The number of hydrogen-bond donors (Lipinski definition) is 2. The largest absolute Gasteiger partial charge is 0.506 e. The lowest BCUT2D eigenvalue weighted by Gasteiger charge is -2.09. The van der Waals surface area contributed by atoms with Crippen LogP contribution in [-0.4, -0.2) is 28.6 Å². The molecule has 0 aliphatic rings. The van der Waals surface area contributed by atoms with Crippen molar-refractivity contribution in [1.29, 1.82) is 0 Å². The Hall–Kier alpha value is -2.41. The van der Waals surface area contributed by atoms with Crippen LogP contribution in [0, 0.1) is 10.1 Å². The van der Waals surface area contributed by atoms with Crippen molar-refractivity contribution in [3.8, 4) is 11.5 Å². The topological polar surface area (TPSA) is 111 Å². The molecule has 0 aliphatic heterocycles. The molecule has 2 N–H and O–H groups in total. The number of phenolic OH excluding ortho intramolecular Hbond substituents is 1. The third-order valence-corrected chi connectivity index (χ3v) is 3.69. The lowest BCUT2D eigenvalue weighted by atomic mass is 10.3. The van der Waals surface area contributed by atoms with Gasteiger partial charge in [-0.1, -0.05) is 29.8 Å². The van der Waals surface area contributed by atoms with Gasteiger partial charge in [0.15, 0.2) is 0 Å². The van der Waals surface area contributed by atoms with E-state index in [1.807, 2.05) is 44.2 Å². The van der Waals surface area contributed by atoms with Crippen molar-refractivity contribution in [3.05, 3.63) is 63.7 Å². The Morgan fingerprint density at radius 1 is 1.30 bits per heavy atom. The van der Waals surface area contributed by atoms with E-state index in [9.17, 15) is 14.9 Å². The van der Waals surface area contributed by atoms with E-state index in [0.29, 0.717) is 0 Å². The van der Waals surface area contributed by atoms with E-state index in [0.717, 1.165) is 11.8 Å². The molecule has 8 nitrogen and oxygen atoms in total. The molecule has 10 heteroatoms. The van der Waals surface area contributed by atoms with Crippen LogP contribution in [-0.2, 0) is 9.53 Å². The van der Waals surface area contributed by atoms with Crippen molar-refractivity contribution in [1.82, 2.24) is 5.09 Å². The molecule has 0 aliphatic carbocycles. The molecule has 0 fully saturated rings. The number of phenols is 1. The summed E-state index contributed by atoms with van der Waals surface area (Å²) in [6.45, 7) is 3.81. The van der Waals surface area contributed by atoms with Gasteiger partial charge in [0, 0.05) is 12.1 Å². The SMILES string of the molecule is CC(C)OC(=O)CNPOc1ccccc1.O=[N+]([O-])c1ccc(O)c(Cl)c1. The number of non-ortho nitro benzene ring substituents is 1. The molecule has 27 heavy (non-hydrogen) atoms. The first-order valence-corrected chi connectivity index (χ1v) is 9.10. The van der Waals surface area contributed by atoms with Gasteiger partial charge < -0.3 is 14.4 Å². The third-order valence-electron chi connectivity index (χ3n) is 2.73. The van der Waals surface area contributed by atoms with Crippen molar-refractivity contribution < 1.29 is 24.1 Å². The molecule has 1 atom stereocenters.